The molecule has 2 nitrogen and oxygen atoms in total. The Bertz CT molecular complexity index is 882. The maximum atomic E-state index is 13.8. The SMILES string of the molecule is Cc1cccc(C(C)C)c1NC(=O)c1cc2c(F)cccc2s1. The van der Waals surface area contributed by atoms with Gasteiger partial charge in [0, 0.05) is 15.8 Å². The van der Waals surface area contributed by atoms with Crippen molar-refractivity contribution in [3.63, 3.8) is 0 Å². The van der Waals surface area contributed by atoms with Crippen LogP contribution in [0.2, 0.25) is 0 Å². The lowest BCUT2D eigenvalue weighted by molar-refractivity contribution is 0.103. The molecule has 1 heterocycles. The van der Waals surface area contributed by atoms with E-state index in [4.69, 9.17) is 0 Å². The average Bonchev–Trinajstić information content (AvgIpc) is 2.94. The number of para-hydroxylation sites is 1. The normalized spacial score (nSPS) is 11.2. The quantitative estimate of drug-likeness (QED) is 0.654. The van der Waals surface area contributed by atoms with Crippen molar-refractivity contribution >= 4 is 33.0 Å². The van der Waals surface area contributed by atoms with Gasteiger partial charge in [-0.1, -0.05) is 38.1 Å². The highest BCUT2D eigenvalue weighted by molar-refractivity contribution is 7.20. The summed E-state index contributed by atoms with van der Waals surface area (Å²) in [5, 5.41) is 3.50. The van der Waals surface area contributed by atoms with Crippen LogP contribution in [-0.2, 0) is 0 Å². The molecule has 118 valence electrons. The molecule has 0 atom stereocenters. The number of benzene rings is 2. The molecule has 0 unspecified atom stereocenters. The third kappa shape index (κ3) is 2.99. The number of aryl methyl sites for hydroxylation is 1. The predicted molar refractivity (Wildman–Crippen MR) is 95.0 cm³/mol. The third-order valence-electron chi connectivity index (χ3n) is 3.90. The van der Waals surface area contributed by atoms with Gasteiger partial charge >= 0.3 is 0 Å². The molecule has 23 heavy (non-hydrogen) atoms. The van der Waals surface area contributed by atoms with E-state index in [9.17, 15) is 9.18 Å². The molecule has 0 radical (unpaired) electrons. The molecule has 0 bridgehead atoms. The molecule has 0 saturated carbocycles. The van der Waals surface area contributed by atoms with Gasteiger partial charge in [0.2, 0.25) is 0 Å². The summed E-state index contributed by atoms with van der Waals surface area (Å²) in [6, 6.07) is 12.5. The third-order valence-corrected chi connectivity index (χ3v) is 5.00. The van der Waals surface area contributed by atoms with E-state index in [1.807, 2.05) is 31.2 Å². The molecule has 1 aromatic heterocycles. The topological polar surface area (TPSA) is 29.1 Å². The Kier molecular flexibility index (Phi) is 4.18. The first-order valence-corrected chi connectivity index (χ1v) is 8.38. The van der Waals surface area contributed by atoms with E-state index < -0.39 is 0 Å². The molecule has 4 heteroatoms. The molecule has 1 amide bonds. The van der Waals surface area contributed by atoms with Crippen LogP contribution in [0.5, 0.6) is 0 Å². The summed E-state index contributed by atoms with van der Waals surface area (Å²) in [4.78, 5) is 13.1. The lowest BCUT2D eigenvalue weighted by atomic mass is 9.98. The van der Waals surface area contributed by atoms with Gasteiger partial charge in [-0.15, -0.1) is 11.3 Å². The highest BCUT2D eigenvalue weighted by atomic mass is 32.1. The molecule has 1 N–H and O–H groups in total. The van der Waals surface area contributed by atoms with Crippen LogP contribution in [0.3, 0.4) is 0 Å². The van der Waals surface area contributed by atoms with Crippen LogP contribution in [0.4, 0.5) is 10.1 Å². The second-order valence-corrected chi connectivity index (χ2v) is 6.99. The van der Waals surface area contributed by atoms with Crippen molar-refractivity contribution < 1.29 is 9.18 Å². The number of anilines is 1. The molecule has 0 aliphatic carbocycles. The summed E-state index contributed by atoms with van der Waals surface area (Å²) < 4.78 is 14.6. The van der Waals surface area contributed by atoms with Gasteiger partial charge in [-0.2, -0.15) is 0 Å². The van der Waals surface area contributed by atoms with Gasteiger partial charge in [0.05, 0.1) is 4.88 Å². The monoisotopic (exact) mass is 327 g/mol. The standard InChI is InChI=1S/C19H18FNOS/c1-11(2)13-7-4-6-12(3)18(13)21-19(22)17-10-14-15(20)8-5-9-16(14)23-17/h4-11H,1-3H3,(H,21,22). The van der Waals surface area contributed by atoms with Crippen LogP contribution in [0.1, 0.15) is 40.6 Å². The zero-order valence-electron chi connectivity index (χ0n) is 13.3. The highest BCUT2D eigenvalue weighted by Crippen LogP contribution is 2.31. The number of hydrogen-bond donors (Lipinski definition) is 1. The van der Waals surface area contributed by atoms with Gasteiger partial charge in [-0.3, -0.25) is 4.79 Å². The van der Waals surface area contributed by atoms with Gasteiger partial charge in [-0.25, -0.2) is 4.39 Å². The number of fused-ring (bicyclic) bond motifs is 1. The maximum absolute atomic E-state index is 13.8. The first kappa shape index (κ1) is 15.7. The molecule has 3 aromatic rings. The average molecular weight is 327 g/mol. The van der Waals surface area contributed by atoms with Crippen LogP contribution in [-0.4, -0.2) is 5.91 Å². The van der Waals surface area contributed by atoms with Crippen molar-refractivity contribution in [2.45, 2.75) is 26.7 Å². The summed E-state index contributed by atoms with van der Waals surface area (Å²) in [5.74, 6) is -0.177. The molecule has 0 aliphatic heterocycles. The van der Waals surface area contributed by atoms with E-state index in [1.54, 1.807) is 12.1 Å². The zero-order chi connectivity index (χ0) is 16.6. The smallest absolute Gasteiger partial charge is 0.265 e. The minimum absolute atomic E-state index is 0.193. The Morgan fingerprint density at radius 2 is 1.91 bits per heavy atom. The fourth-order valence-corrected chi connectivity index (χ4v) is 3.63. The lowest BCUT2D eigenvalue weighted by Gasteiger charge is -2.16. The number of nitrogens with one attached hydrogen (secondary N) is 1. The molecule has 0 aliphatic rings. The van der Waals surface area contributed by atoms with Crippen LogP contribution in [0, 0.1) is 12.7 Å². The Hall–Kier alpha value is -2.20. The van der Waals surface area contributed by atoms with Crippen molar-refractivity contribution in [2.75, 3.05) is 5.32 Å². The Balaban J connectivity index is 1.97. The molecule has 3 rings (SSSR count). The van der Waals surface area contributed by atoms with Crippen LogP contribution >= 0.6 is 11.3 Å². The Morgan fingerprint density at radius 1 is 1.17 bits per heavy atom. The molecule has 0 fully saturated rings. The fraction of sp³-hybridized carbons (Fsp3) is 0.211. The largest absolute Gasteiger partial charge is 0.321 e. The number of halogens is 1. The van der Waals surface area contributed by atoms with Crippen molar-refractivity contribution in [1.29, 1.82) is 0 Å². The van der Waals surface area contributed by atoms with Gasteiger partial charge in [0.15, 0.2) is 0 Å². The number of carbonyl (C=O) groups is 1. The van der Waals surface area contributed by atoms with Gasteiger partial charge < -0.3 is 5.32 Å². The number of amides is 1. The van der Waals surface area contributed by atoms with Gasteiger partial charge in [0.1, 0.15) is 5.82 Å². The Labute approximate surface area is 139 Å². The van der Waals surface area contributed by atoms with Crippen molar-refractivity contribution in [3.8, 4) is 0 Å². The van der Waals surface area contributed by atoms with E-state index in [0.29, 0.717) is 16.2 Å². The molecule has 0 spiro atoms. The number of carbonyl (C=O) groups excluding carboxylic acids is 1. The molecular formula is C19H18FNOS. The van der Waals surface area contributed by atoms with Crippen LogP contribution < -0.4 is 5.32 Å². The minimum Gasteiger partial charge on any atom is -0.321 e. The molecular weight excluding hydrogens is 309 g/mol. The van der Waals surface area contributed by atoms with Gasteiger partial charge in [0.25, 0.3) is 5.91 Å². The fourth-order valence-electron chi connectivity index (χ4n) is 2.65. The zero-order valence-corrected chi connectivity index (χ0v) is 14.1. The number of thiophene rings is 1. The predicted octanol–water partition coefficient (Wildman–Crippen LogP) is 5.72. The lowest BCUT2D eigenvalue weighted by Crippen LogP contribution is -2.13. The minimum atomic E-state index is -0.295. The van der Waals surface area contributed by atoms with E-state index in [1.165, 1.54) is 17.4 Å². The summed E-state index contributed by atoms with van der Waals surface area (Å²) >= 11 is 1.31. The van der Waals surface area contributed by atoms with Crippen LogP contribution in [0.25, 0.3) is 10.1 Å². The number of hydrogen-bond acceptors (Lipinski definition) is 2. The summed E-state index contributed by atoms with van der Waals surface area (Å²) in [5.41, 5.74) is 2.98. The summed E-state index contributed by atoms with van der Waals surface area (Å²) in [7, 11) is 0. The molecule has 2 aromatic carbocycles. The van der Waals surface area contributed by atoms with Crippen molar-refractivity contribution in [1.82, 2.24) is 0 Å². The Morgan fingerprint density at radius 3 is 2.61 bits per heavy atom. The van der Waals surface area contributed by atoms with E-state index in [-0.39, 0.29) is 11.7 Å². The van der Waals surface area contributed by atoms with E-state index >= 15 is 0 Å². The first-order chi connectivity index (χ1) is 11.0. The maximum Gasteiger partial charge on any atom is 0.265 e. The van der Waals surface area contributed by atoms with E-state index in [0.717, 1.165) is 21.5 Å². The highest BCUT2D eigenvalue weighted by Gasteiger charge is 2.16. The van der Waals surface area contributed by atoms with E-state index in [2.05, 4.69) is 19.2 Å². The second kappa shape index (κ2) is 6.13. The van der Waals surface area contributed by atoms with Crippen molar-refractivity contribution in [2.24, 2.45) is 0 Å². The van der Waals surface area contributed by atoms with Gasteiger partial charge in [-0.05, 0) is 42.2 Å². The first-order valence-electron chi connectivity index (χ1n) is 7.56. The van der Waals surface area contributed by atoms with Crippen molar-refractivity contribution in [3.05, 3.63) is 64.3 Å². The number of rotatable bonds is 3. The second-order valence-electron chi connectivity index (χ2n) is 5.91. The summed E-state index contributed by atoms with van der Waals surface area (Å²) in [6.07, 6.45) is 0. The molecule has 0 saturated heterocycles. The summed E-state index contributed by atoms with van der Waals surface area (Å²) in [6.45, 7) is 6.17. The van der Waals surface area contributed by atoms with Crippen LogP contribution in [0.15, 0.2) is 42.5 Å².